The molecule has 1 aliphatic carbocycles. The maximum absolute atomic E-state index is 12.4. The van der Waals surface area contributed by atoms with Gasteiger partial charge in [-0.2, -0.15) is 5.10 Å². The van der Waals surface area contributed by atoms with Gasteiger partial charge >= 0.3 is 0 Å². The summed E-state index contributed by atoms with van der Waals surface area (Å²) in [7, 11) is 0. The molecule has 1 aromatic heterocycles. The Hall–Kier alpha value is -2.14. The molecule has 0 spiro atoms. The van der Waals surface area contributed by atoms with E-state index in [1.54, 1.807) is 6.20 Å². The number of nitrogens with zero attached hydrogens (tertiary/aromatic N) is 3. The van der Waals surface area contributed by atoms with E-state index < -0.39 is 0 Å². The molecule has 1 saturated carbocycles. The van der Waals surface area contributed by atoms with Crippen LogP contribution in [0.2, 0.25) is 0 Å². The third-order valence-electron chi connectivity index (χ3n) is 5.80. The first-order valence-corrected chi connectivity index (χ1v) is 9.90. The molecule has 2 fully saturated rings. The van der Waals surface area contributed by atoms with Gasteiger partial charge in [-0.1, -0.05) is 43.2 Å². The number of piperidine rings is 1. The van der Waals surface area contributed by atoms with Crippen LogP contribution >= 0.6 is 0 Å². The normalized spacial score (nSPS) is 19.7. The fourth-order valence-corrected chi connectivity index (χ4v) is 4.28. The van der Waals surface area contributed by atoms with E-state index >= 15 is 0 Å². The summed E-state index contributed by atoms with van der Waals surface area (Å²) in [5, 5.41) is 7.64. The van der Waals surface area contributed by atoms with Crippen LogP contribution in [0.3, 0.4) is 0 Å². The molecule has 0 atom stereocenters. The molecule has 4 rings (SSSR count). The van der Waals surface area contributed by atoms with Gasteiger partial charge in [0.15, 0.2) is 0 Å². The second-order valence-electron chi connectivity index (χ2n) is 7.62. The van der Waals surface area contributed by atoms with Gasteiger partial charge < -0.3 is 5.32 Å². The van der Waals surface area contributed by atoms with Crippen molar-refractivity contribution in [1.29, 1.82) is 0 Å². The summed E-state index contributed by atoms with van der Waals surface area (Å²) < 4.78 is 2.03. The van der Waals surface area contributed by atoms with Crippen LogP contribution in [0.1, 0.15) is 50.1 Å². The van der Waals surface area contributed by atoms with Crippen molar-refractivity contribution < 1.29 is 4.79 Å². The Morgan fingerprint density at radius 3 is 2.50 bits per heavy atom. The van der Waals surface area contributed by atoms with Gasteiger partial charge in [-0.25, -0.2) is 4.68 Å². The highest BCUT2D eigenvalue weighted by atomic mass is 16.2. The molecule has 138 valence electrons. The summed E-state index contributed by atoms with van der Waals surface area (Å²) >= 11 is 0. The van der Waals surface area contributed by atoms with Crippen molar-refractivity contribution in [3.8, 4) is 0 Å². The van der Waals surface area contributed by atoms with E-state index in [-0.39, 0.29) is 11.8 Å². The summed E-state index contributed by atoms with van der Waals surface area (Å²) in [6.07, 6.45) is 8.35. The number of hydrogen-bond donors (Lipinski definition) is 1. The third-order valence-corrected chi connectivity index (χ3v) is 5.80. The van der Waals surface area contributed by atoms with Crippen LogP contribution in [-0.2, 0) is 11.3 Å². The van der Waals surface area contributed by atoms with Crippen molar-refractivity contribution in [3.05, 3.63) is 48.2 Å². The van der Waals surface area contributed by atoms with Crippen LogP contribution in [0.5, 0.6) is 0 Å². The molecule has 5 heteroatoms. The zero-order valence-corrected chi connectivity index (χ0v) is 15.3. The number of anilines is 1. The van der Waals surface area contributed by atoms with E-state index in [1.165, 1.54) is 18.4 Å². The largest absolute Gasteiger partial charge is 0.311 e. The Morgan fingerprint density at radius 2 is 1.77 bits per heavy atom. The second kappa shape index (κ2) is 8.04. The van der Waals surface area contributed by atoms with Crippen LogP contribution < -0.4 is 5.32 Å². The molecular weight excluding hydrogens is 324 g/mol. The molecule has 1 aliphatic heterocycles. The molecule has 2 aliphatic rings. The first-order chi connectivity index (χ1) is 12.8. The van der Waals surface area contributed by atoms with Crippen molar-refractivity contribution in [3.63, 3.8) is 0 Å². The van der Waals surface area contributed by atoms with E-state index in [2.05, 4.69) is 45.6 Å². The summed E-state index contributed by atoms with van der Waals surface area (Å²) in [5.41, 5.74) is 1.37. The molecule has 5 nitrogen and oxygen atoms in total. The SMILES string of the molecule is O=C(Nc1ccnn1C1CCN(Cc2ccccc2)CC1)C1CCCC1. The number of nitrogens with one attached hydrogen (secondary N) is 1. The number of rotatable bonds is 5. The van der Waals surface area contributed by atoms with Crippen LogP contribution in [0.15, 0.2) is 42.6 Å². The summed E-state index contributed by atoms with van der Waals surface area (Å²) in [6.45, 7) is 3.14. The number of likely N-dealkylation sites (tertiary alicyclic amines) is 1. The van der Waals surface area contributed by atoms with E-state index in [9.17, 15) is 4.79 Å². The molecule has 26 heavy (non-hydrogen) atoms. The highest BCUT2D eigenvalue weighted by molar-refractivity contribution is 5.91. The zero-order chi connectivity index (χ0) is 17.8. The molecule has 1 aromatic carbocycles. The topological polar surface area (TPSA) is 50.2 Å². The van der Waals surface area contributed by atoms with Crippen LogP contribution in [-0.4, -0.2) is 33.7 Å². The average molecular weight is 352 g/mol. The van der Waals surface area contributed by atoms with E-state index in [0.717, 1.165) is 51.1 Å². The van der Waals surface area contributed by atoms with Crippen molar-refractivity contribution in [1.82, 2.24) is 14.7 Å². The minimum Gasteiger partial charge on any atom is -0.311 e. The smallest absolute Gasteiger partial charge is 0.228 e. The lowest BCUT2D eigenvalue weighted by molar-refractivity contribution is -0.119. The van der Waals surface area contributed by atoms with E-state index in [4.69, 9.17) is 0 Å². The number of benzene rings is 1. The Bertz CT molecular complexity index is 713. The average Bonchev–Trinajstić information content (AvgIpc) is 3.35. The first-order valence-electron chi connectivity index (χ1n) is 9.90. The minimum atomic E-state index is 0.172. The highest BCUT2D eigenvalue weighted by Crippen LogP contribution is 2.29. The van der Waals surface area contributed by atoms with Gasteiger partial charge in [0.2, 0.25) is 5.91 Å². The standard InChI is InChI=1S/C21H28N4O/c26-21(18-8-4-5-9-18)23-20-10-13-22-25(20)19-11-14-24(15-12-19)16-17-6-2-1-3-7-17/h1-3,6-7,10,13,18-19H,4-5,8-9,11-12,14-16H2,(H,23,26). The highest BCUT2D eigenvalue weighted by Gasteiger charge is 2.26. The van der Waals surface area contributed by atoms with Crippen LogP contribution in [0, 0.1) is 5.92 Å². The zero-order valence-electron chi connectivity index (χ0n) is 15.3. The molecule has 2 heterocycles. The van der Waals surface area contributed by atoms with Gasteiger partial charge in [-0.05, 0) is 31.2 Å². The van der Waals surface area contributed by atoms with Crippen LogP contribution in [0.4, 0.5) is 5.82 Å². The lowest BCUT2D eigenvalue weighted by Gasteiger charge is -2.32. The predicted octanol–water partition coefficient (Wildman–Crippen LogP) is 3.85. The Morgan fingerprint density at radius 1 is 1.04 bits per heavy atom. The fraction of sp³-hybridized carbons (Fsp3) is 0.524. The molecule has 2 aromatic rings. The Labute approximate surface area is 155 Å². The van der Waals surface area contributed by atoms with Gasteiger partial charge in [0, 0.05) is 31.6 Å². The molecular formula is C21H28N4O. The van der Waals surface area contributed by atoms with E-state index in [0.29, 0.717) is 6.04 Å². The number of hydrogen-bond acceptors (Lipinski definition) is 3. The summed E-state index contributed by atoms with van der Waals surface area (Å²) in [5.74, 6) is 1.22. The third kappa shape index (κ3) is 3.98. The predicted molar refractivity (Wildman–Crippen MR) is 103 cm³/mol. The van der Waals surface area contributed by atoms with Crippen molar-refractivity contribution >= 4 is 11.7 Å². The number of carbonyl (C=O) groups excluding carboxylic acids is 1. The molecule has 0 radical (unpaired) electrons. The van der Waals surface area contributed by atoms with Gasteiger partial charge in [-0.15, -0.1) is 0 Å². The fourth-order valence-electron chi connectivity index (χ4n) is 4.28. The Balaban J connectivity index is 1.33. The van der Waals surface area contributed by atoms with Gasteiger partial charge in [-0.3, -0.25) is 9.69 Å². The maximum atomic E-state index is 12.4. The number of carbonyl (C=O) groups is 1. The van der Waals surface area contributed by atoms with Gasteiger partial charge in [0.25, 0.3) is 0 Å². The summed E-state index contributed by atoms with van der Waals surface area (Å²) in [4.78, 5) is 14.9. The van der Waals surface area contributed by atoms with Gasteiger partial charge in [0.05, 0.1) is 12.2 Å². The molecule has 1 N–H and O–H groups in total. The summed E-state index contributed by atoms with van der Waals surface area (Å²) in [6, 6.07) is 13.0. The van der Waals surface area contributed by atoms with Crippen LogP contribution in [0.25, 0.3) is 0 Å². The van der Waals surface area contributed by atoms with Crippen molar-refractivity contribution in [2.75, 3.05) is 18.4 Å². The molecule has 1 amide bonds. The van der Waals surface area contributed by atoms with E-state index in [1.807, 2.05) is 10.7 Å². The van der Waals surface area contributed by atoms with Crippen molar-refractivity contribution in [2.24, 2.45) is 5.92 Å². The minimum absolute atomic E-state index is 0.172. The molecule has 1 saturated heterocycles. The number of amides is 1. The monoisotopic (exact) mass is 352 g/mol. The molecule has 0 unspecified atom stereocenters. The lowest BCUT2D eigenvalue weighted by atomic mass is 10.0. The quantitative estimate of drug-likeness (QED) is 0.889. The molecule has 0 bridgehead atoms. The first kappa shape index (κ1) is 17.3. The maximum Gasteiger partial charge on any atom is 0.228 e. The Kier molecular flexibility index (Phi) is 5.34. The van der Waals surface area contributed by atoms with Crippen molar-refractivity contribution in [2.45, 2.75) is 51.1 Å². The number of aromatic nitrogens is 2. The second-order valence-corrected chi connectivity index (χ2v) is 7.62. The lowest BCUT2D eigenvalue weighted by Crippen LogP contribution is -2.35. The van der Waals surface area contributed by atoms with Gasteiger partial charge in [0.1, 0.15) is 5.82 Å².